The van der Waals surface area contributed by atoms with E-state index in [-0.39, 0.29) is 0 Å². The number of benzene rings is 1. The molecule has 0 spiro atoms. The molecular formula is C16H18N2O2. The molecule has 2 rings (SSSR count). The second-order valence-corrected chi connectivity index (χ2v) is 4.85. The smallest absolute Gasteiger partial charge is 0.337 e. The summed E-state index contributed by atoms with van der Waals surface area (Å²) < 4.78 is 0. The number of likely N-dealkylation sites (N-methyl/N-ethyl adjacent to an activating group) is 1. The first-order chi connectivity index (χ1) is 9.58. The van der Waals surface area contributed by atoms with Gasteiger partial charge in [0.2, 0.25) is 0 Å². The fourth-order valence-electron chi connectivity index (χ4n) is 2.12. The van der Waals surface area contributed by atoms with E-state index in [0.717, 1.165) is 24.2 Å². The standard InChI is InChI=1S/C16H18N2O2/c1-12-3-4-15(14(11-12)16(19)20)18(2)10-7-13-5-8-17-9-6-13/h3-6,8-9,11H,7,10H2,1-2H3,(H,19,20). The number of nitrogens with zero attached hydrogens (tertiary/aromatic N) is 2. The zero-order valence-electron chi connectivity index (χ0n) is 11.7. The van der Waals surface area contributed by atoms with E-state index in [1.807, 2.05) is 43.1 Å². The van der Waals surface area contributed by atoms with E-state index in [2.05, 4.69) is 4.98 Å². The number of carbonyl (C=O) groups is 1. The first kappa shape index (κ1) is 14.1. The largest absolute Gasteiger partial charge is 0.478 e. The van der Waals surface area contributed by atoms with Crippen LogP contribution in [0.15, 0.2) is 42.7 Å². The van der Waals surface area contributed by atoms with Crippen LogP contribution in [0.3, 0.4) is 0 Å². The van der Waals surface area contributed by atoms with Crippen LogP contribution >= 0.6 is 0 Å². The van der Waals surface area contributed by atoms with Gasteiger partial charge in [-0.05, 0) is 43.2 Å². The first-order valence-electron chi connectivity index (χ1n) is 6.52. The van der Waals surface area contributed by atoms with Crippen LogP contribution in [0.1, 0.15) is 21.5 Å². The number of aromatic carboxylic acids is 1. The second-order valence-electron chi connectivity index (χ2n) is 4.85. The van der Waals surface area contributed by atoms with E-state index in [9.17, 15) is 9.90 Å². The highest BCUT2D eigenvalue weighted by Gasteiger charge is 2.13. The lowest BCUT2D eigenvalue weighted by atomic mass is 10.1. The van der Waals surface area contributed by atoms with Gasteiger partial charge in [-0.15, -0.1) is 0 Å². The van der Waals surface area contributed by atoms with Crippen molar-refractivity contribution >= 4 is 11.7 Å². The van der Waals surface area contributed by atoms with Crippen molar-refractivity contribution in [3.63, 3.8) is 0 Å². The molecule has 0 saturated carbocycles. The number of carboxylic acid groups (broad SMARTS) is 1. The Hall–Kier alpha value is -2.36. The molecule has 0 atom stereocenters. The molecule has 20 heavy (non-hydrogen) atoms. The Balaban J connectivity index is 2.13. The molecule has 1 aromatic heterocycles. The number of aromatic nitrogens is 1. The number of aryl methyl sites for hydroxylation is 1. The van der Waals surface area contributed by atoms with Gasteiger partial charge in [0.25, 0.3) is 0 Å². The van der Waals surface area contributed by atoms with Gasteiger partial charge >= 0.3 is 5.97 Å². The molecule has 0 aliphatic rings. The zero-order chi connectivity index (χ0) is 14.5. The van der Waals surface area contributed by atoms with E-state index in [1.54, 1.807) is 18.5 Å². The maximum atomic E-state index is 11.3. The van der Waals surface area contributed by atoms with Gasteiger partial charge in [0.05, 0.1) is 11.3 Å². The highest BCUT2D eigenvalue weighted by Crippen LogP contribution is 2.21. The monoisotopic (exact) mass is 270 g/mol. The minimum atomic E-state index is -0.889. The summed E-state index contributed by atoms with van der Waals surface area (Å²) in [6.45, 7) is 2.65. The second kappa shape index (κ2) is 6.19. The molecule has 4 nitrogen and oxygen atoms in total. The van der Waals surface area contributed by atoms with Crippen LogP contribution in [-0.4, -0.2) is 29.7 Å². The molecule has 0 saturated heterocycles. The van der Waals surface area contributed by atoms with E-state index in [0.29, 0.717) is 5.56 Å². The summed E-state index contributed by atoms with van der Waals surface area (Å²) in [6, 6.07) is 9.46. The van der Waals surface area contributed by atoms with Crippen LogP contribution in [0.2, 0.25) is 0 Å². The highest BCUT2D eigenvalue weighted by molar-refractivity contribution is 5.94. The van der Waals surface area contributed by atoms with Crippen molar-refractivity contribution in [2.24, 2.45) is 0 Å². The van der Waals surface area contributed by atoms with Crippen molar-refractivity contribution in [1.82, 2.24) is 4.98 Å². The maximum absolute atomic E-state index is 11.3. The molecule has 0 radical (unpaired) electrons. The summed E-state index contributed by atoms with van der Waals surface area (Å²) >= 11 is 0. The first-order valence-corrected chi connectivity index (χ1v) is 6.52. The molecule has 104 valence electrons. The summed E-state index contributed by atoms with van der Waals surface area (Å²) in [5.41, 5.74) is 3.24. The summed E-state index contributed by atoms with van der Waals surface area (Å²) in [7, 11) is 1.91. The lowest BCUT2D eigenvalue weighted by Crippen LogP contribution is -2.22. The van der Waals surface area contributed by atoms with E-state index in [4.69, 9.17) is 0 Å². The molecule has 1 N–H and O–H groups in total. The molecular weight excluding hydrogens is 252 g/mol. The summed E-state index contributed by atoms with van der Waals surface area (Å²) in [5.74, 6) is -0.889. The Morgan fingerprint density at radius 3 is 2.60 bits per heavy atom. The van der Waals surface area contributed by atoms with Gasteiger partial charge in [0.1, 0.15) is 0 Å². The van der Waals surface area contributed by atoms with Gasteiger partial charge in [-0.3, -0.25) is 4.98 Å². The third-order valence-corrected chi connectivity index (χ3v) is 3.28. The van der Waals surface area contributed by atoms with E-state index < -0.39 is 5.97 Å². The van der Waals surface area contributed by atoms with Crippen LogP contribution in [-0.2, 0) is 6.42 Å². The summed E-state index contributed by atoms with van der Waals surface area (Å²) in [6.07, 6.45) is 4.39. The number of carboxylic acids is 1. The number of hydrogen-bond donors (Lipinski definition) is 1. The van der Waals surface area contributed by atoms with E-state index in [1.165, 1.54) is 5.56 Å². The lowest BCUT2D eigenvalue weighted by Gasteiger charge is -2.21. The molecule has 0 aliphatic heterocycles. The fourth-order valence-corrected chi connectivity index (χ4v) is 2.12. The van der Waals surface area contributed by atoms with Crippen LogP contribution in [0, 0.1) is 6.92 Å². The van der Waals surface area contributed by atoms with Crippen molar-refractivity contribution in [2.75, 3.05) is 18.5 Å². The van der Waals surface area contributed by atoms with Gasteiger partial charge in [0, 0.05) is 26.0 Å². The third kappa shape index (κ3) is 3.35. The predicted octanol–water partition coefficient (Wildman–Crippen LogP) is 2.77. The number of rotatable bonds is 5. The molecule has 1 heterocycles. The lowest BCUT2D eigenvalue weighted by molar-refractivity contribution is 0.0697. The third-order valence-electron chi connectivity index (χ3n) is 3.28. The average molecular weight is 270 g/mol. The quantitative estimate of drug-likeness (QED) is 0.907. The van der Waals surface area contributed by atoms with Gasteiger partial charge in [0.15, 0.2) is 0 Å². The normalized spacial score (nSPS) is 10.3. The number of anilines is 1. The van der Waals surface area contributed by atoms with Crippen molar-refractivity contribution < 1.29 is 9.90 Å². The molecule has 4 heteroatoms. The maximum Gasteiger partial charge on any atom is 0.337 e. The van der Waals surface area contributed by atoms with E-state index >= 15 is 0 Å². The van der Waals surface area contributed by atoms with Crippen molar-refractivity contribution in [3.8, 4) is 0 Å². The van der Waals surface area contributed by atoms with Crippen LogP contribution in [0.4, 0.5) is 5.69 Å². The molecule has 0 bridgehead atoms. The molecule has 1 aromatic carbocycles. The van der Waals surface area contributed by atoms with Crippen molar-refractivity contribution in [2.45, 2.75) is 13.3 Å². The zero-order valence-corrected chi connectivity index (χ0v) is 11.7. The predicted molar refractivity (Wildman–Crippen MR) is 79.3 cm³/mol. The molecule has 0 unspecified atom stereocenters. The SMILES string of the molecule is Cc1ccc(N(C)CCc2ccncc2)c(C(=O)O)c1. The Kier molecular flexibility index (Phi) is 4.35. The minimum absolute atomic E-state index is 0.349. The van der Waals surface area contributed by atoms with Crippen molar-refractivity contribution in [1.29, 1.82) is 0 Å². The topological polar surface area (TPSA) is 53.4 Å². The van der Waals surface area contributed by atoms with Gasteiger partial charge in [-0.2, -0.15) is 0 Å². The van der Waals surface area contributed by atoms with Crippen LogP contribution < -0.4 is 4.90 Å². The Bertz CT molecular complexity index is 597. The molecule has 0 fully saturated rings. The van der Waals surface area contributed by atoms with Crippen LogP contribution in [0.5, 0.6) is 0 Å². The van der Waals surface area contributed by atoms with Crippen molar-refractivity contribution in [3.05, 3.63) is 59.4 Å². The molecule has 2 aromatic rings. The van der Waals surface area contributed by atoms with Gasteiger partial charge in [-0.25, -0.2) is 4.79 Å². The highest BCUT2D eigenvalue weighted by atomic mass is 16.4. The summed E-state index contributed by atoms with van der Waals surface area (Å²) in [4.78, 5) is 17.3. The molecule has 0 aliphatic carbocycles. The fraction of sp³-hybridized carbons (Fsp3) is 0.250. The Morgan fingerprint density at radius 1 is 1.25 bits per heavy atom. The van der Waals surface area contributed by atoms with Gasteiger partial charge < -0.3 is 10.0 Å². The molecule has 0 amide bonds. The summed E-state index contributed by atoms with van der Waals surface area (Å²) in [5, 5.41) is 9.29. The number of pyridine rings is 1. The Morgan fingerprint density at radius 2 is 1.95 bits per heavy atom. The average Bonchev–Trinajstić information content (AvgIpc) is 2.45. The minimum Gasteiger partial charge on any atom is -0.478 e. The van der Waals surface area contributed by atoms with Crippen LogP contribution in [0.25, 0.3) is 0 Å². The number of hydrogen-bond acceptors (Lipinski definition) is 3. The van der Waals surface area contributed by atoms with Gasteiger partial charge in [-0.1, -0.05) is 11.6 Å². The Labute approximate surface area is 118 Å².